The summed E-state index contributed by atoms with van der Waals surface area (Å²) in [6.45, 7) is 1.15. The summed E-state index contributed by atoms with van der Waals surface area (Å²) in [5, 5.41) is 1.86. The van der Waals surface area contributed by atoms with Crippen molar-refractivity contribution in [2.24, 2.45) is 0 Å². The number of nitrogens with two attached hydrogens (primary N) is 1. The van der Waals surface area contributed by atoms with E-state index < -0.39 is 57.2 Å². The summed E-state index contributed by atoms with van der Waals surface area (Å²) in [6.07, 6.45) is -7.40. The molecule has 0 bridgehead atoms. The molecule has 0 fully saturated rings. The smallest absolute Gasteiger partial charge is 0.398 e. The van der Waals surface area contributed by atoms with Crippen molar-refractivity contribution in [3.8, 4) is 0 Å². The molecule has 0 aliphatic heterocycles. The average Bonchev–Trinajstić information content (AvgIpc) is 2.44. The average molecular weight is 394 g/mol. The topological polar surface area (TPSA) is 98.5 Å². The molecule has 3 N–H and O–H groups in total. The second kappa shape index (κ2) is 7.07. The summed E-state index contributed by atoms with van der Waals surface area (Å²) in [6, 6.07) is 2.25. The number of nitrogen functional groups attached to an aromatic ring is 1. The SMILES string of the molecule is CC[C@@H](OS(=O)(=O)C(F)(F)F)C(=O)Nc1ccc(N)c(C(F)(F)F)c1. The molecular weight excluding hydrogens is 382 g/mol. The Bertz CT molecular complexity index is 745. The summed E-state index contributed by atoms with van der Waals surface area (Å²) in [7, 11) is -6.05. The lowest BCUT2D eigenvalue weighted by atomic mass is 10.1. The summed E-state index contributed by atoms with van der Waals surface area (Å²) in [5.41, 5.74) is -2.94. The van der Waals surface area contributed by atoms with Gasteiger partial charge in [-0.3, -0.25) is 4.79 Å². The minimum Gasteiger partial charge on any atom is -0.398 e. The van der Waals surface area contributed by atoms with Crippen LogP contribution in [0.2, 0.25) is 0 Å². The summed E-state index contributed by atoms with van der Waals surface area (Å²) < 4.78 is 101. The van der Waals surface area contributed by atoms with Gasteiger partial charge in [-0.05, 0) is 24.6 Å². The van der Waals surface area contributed by atoms with Gasteiger partial charge >= 0.3 is 21.8 Å². The molecule has 0 heterocycles. The van der Waals surface area contributed by atoms with Gasteiger partial charge in [-0.25, -0.2) is 4.18 Å². The molecule has 0 aromatic heterocycles. The molecular formula is C12H12F6N2O4S. The highest BCUT2D eigenvalue weighted by Gasteiger charge is 2.49. The van der Waals surface area contributed by atoms with Crippen LogP contribution in [0.15, 0.2) is 18.2 Å². The first-order chi connectivity index (χ1) is 11.2. The van der Waals surface area contributed by atoms with Gasteiger partial charge in [0, 0.05) is 11.4 Å². The first kappa shape index (κ1) is 21.0. The van der Waals surface area contributed by atoms with Crippen molar-refractivity contribution in [1.82, 2.24) is 0 Å². The van der Waals surface area contributed by atoms with Crippen LogP contribution in [-0.2, 0) is 25.3 Å². The van der Waals surface area contributed by atoms with Crippen LogP contribution in [0, 0.1) is 0 Å². The molecule has 0 radical (unpaired) electrons. The van der Waals surface area contributed by atoms with Crippen molar-refractivity contribution in [2.45, 2.75) is 31.1 Å². The molecule has 1 aromatic carbocycles. The Hall–Kier alpha value is -2.02. The number of benzene rings is 1. The number of halogens is 6. The first-order valence-corrected chi connectivity index (χ1v) is 7.87. The minimum atomic E-state index is -6.05. The number of alkyl halides is 6. The van der Waals surface area contributed by atoms with Crippen LogP contribution < -0.4 is 11.1 Å². The predicted molar refractivity (Wildman–Crippen MR) is 74.6 cm³/mol. The largest absolute Gasteiger partial charge is 0.523 e. The third kappa shape index (κ3) is 5.22. The molecule has 1 atom stereocenters. The van der Waals surface area contributed by atoms with Gasteiger partial charge in [0.2, 0.25) is 0 Å². The molecule has 0 saturated heterocycles. The highest BCUT2D eigenvalue weighted by Crippen LogP contribution is 2.35. The Morgan fingerprint density at radius 1 is 1.24 bits per heavy atom. The Morgan fingerprint density at radius 2 is 1.80 bits per heavy atom. The summed E-state index contributed by atoms with van der Waals surface area (Å²) in [4.78, 5) is 11.8. The molecule has 142 valence electrons. The maximum atomic E-state index is 12.7. The number of nitrogens with one attached hydrogen (secondary N) is 1. The number of carbonyl (C=O) groups is 1. The minimum absolute atomic E-state index is 0.446. The fourth-order valence-corrected chi connectivity index (χ4v) is 2.25. The van der Waals surface area contributed by atoms with E-state index in [1.54, 1.807) is 0 Å². The molecule has 25 heavy (non-hydrogen) atoms. The van der Waals surface area contributed by atoms with Crippen molar-refractivity contribution in [3.63, 3.8) is 0 Å². The van der Waals surface area contributed by atoms with Crippen molar-refractivity contribution in [3.05, 3.63) is 23.8 Å². The quantitative estimate of drug-likeness (QED) is 0.346. The Labute approximate surface area is 138 Å². The standard InChI is InChI=1S/C12H12F6N2O4S/c1-2-9(24-25(22,23)12(16,17)18)10(21)20-6-3-4-8(19)7(5-6)11(13,14)15/h3-5,9H,2,19H2,1H3,(H,20,21)/t9-/m1/s1. The zero-order valence-corrected chi connectivity index (χ0v) is 13.2. The second-order valence-electron chi connectivity index (χ2n) is 4.68. The van der Waals surface area contributed by atoms with E-state index in [1.165, 1.54) is 0 Å². The van der Waals surface area contributed by atoms with E-state index in [0.717, 1.165) is 19.1 Å². The molecule has 0 saturated carbocycles. The normalized spacial score (nSPS) is 14.2. The third-order valence-electron chi connectivity index (χ3n) is 2.82. The van der Waals surface area contributed by atoms with Gasteiger partial charge < -0.3 is 11.1 Å². The molecule has 0 aliphatic carbocycles. The maximum absolute atomic E-state index is 12.7. The highest BCUT2D eigenvalue weighted by molar-refractivity contribution is 7.87. The Kier molecular flexibility index (Phi) is 5.95. The van der Waals surface area contributed by atoms with E-state index in [0.29, 0.717) is 6.07 Å². The number of anilines is 2. The number of amides is 1. The van der Waals surface area contributed by atoms with E-state index in [4.69, 9.17) is 5.73 Å². The van der Waals surface area contributed by atoms with E-state index in [2.05, 4.69) is 4.18 Å². The van der Waals surface area contributed by atoms with Gasteiger partial charge in [0.15, 0.2) is 6.10 Å². The van der Waals surface area contributed by atoms with E-state index >= 15 is 0 Å². The van der Waals surface area contributed by atoms with Crippen molar-refractivity contribution in [1.29, 1.82) is 0 Å². The molecule has 0 spiro atoms. The molecule has 0 aliphatic rings. The number of rotatable bonds is 5. The van der Waals surface area contributed by atoms with Crippen molar-refractivity contribution < 1.29 is 43.7 Å². The van der Waals surface area contributed by atoms with Gasteiger partial charge in [-0.1, -0.05) is 6.92 Å². The van der Waals surface area contributed by atoms with Crippen molar-refractivity contribution >= 4 is 27.4 Å². The van der Waals surface area contributed by atoms with Crippen LogP contribution in [0.3, 0.4) is 0 Å². The molecule has 1 aromatic rings. The van der Waals surface area contributed by atoms with Gasteiger partial charge in [-0.2, -0.15) is 34.8 Å². The predicted octanol–water partition coefficient (Wildman–Crippen LogP) is 2.87. The zero-order valence-electron chi connectivity index (χ0n) is 12.4. The van der Waals surface area contributed by atoms with Gasteiger partial charge in [0.1, 0.15) is 0 Å². The summed E-state index contributed by atoms with van der Waals surface area (Å²) in [5.74, 6) is -1.37. The maximum Gasteiger partial charge on any atom is 0.523 e. The summed E-state index contributed by atoms with van der Waals surface area (Å²) >= 11 is 0. The first-order valence-electron chi connectivity index (χ1n) is 6.46. The lowest BCUT2D eigenvalue weighted by Gasteiger charge is -2.17. The molecule has 1 rings (SSSR count). The number of hydrogen-bond acceptors (Lipinski definition) is 5. The highest BCUT2D eigenvalue weighted by atomic mass is 32.2. The van der Waals surface area contributed by atoms with Crippen LogP contribution in [0.25, 0.3) is 0 Å². The lowest BCUT2D eigenvalue weighted by Crippen LogP contribution is -2.36. The van der Waals surface area contributed by atoms with E-state index in [-0.39, 0.29) is 0 Å². The lowest BCUT2D eigenvalue weighted by molar-refractivity contribution is -0.137. The second-order valence-corrected chi connectivity index (χ2v) is 6.25. The Morgan fingerprint density at radius 3 is 2.24 bits per heavy atom. The van der Waals surface area contributed by atoms with Crippen LogP contribution >= 0.6 is 0 Å². The van der Waals surface area contributed by atoms with Crippen molar-refractivity contribution in [2.75, 3.05) is 11.1 Å². The molecule has 13 heteroatoms. The number of carbonyl (C=O) groups excluding carboxylic acids is 1. The molecule has 6 nitrogen and oxygen atoms in total. The van der Waals surface area contributed by atoms with Gasteiger partial charge in [-0.15, -0.1) is 0 Å². The zero-order chi connectivity index (χ0) is 19.6. The van der Waals surface area contributed by atoms with Crippen LogP contribution in [0.4, 0.5) is 37.7 Å². The van der Waals surface area contributed by atoms with Crippen LogP contribution in [-0.4, -0.2) is 25.9 Å². The van der Waals surface area contributed by atoms with E-state index in [1.807, 2.05) is 5.32 Å². The van der Waals surface area contributed by atoms with Crippen LogP contribution in [0.5, 0.6) is 0 Å². The number of hydrogen-bond donors (Lipinski definition) is 2. The molecule has 1 amide bonds. The van der Waals surface area contributed by atoms with E-state index in [9.17, 15) is 39.6 Å². The fourth-order valence-electron chi connectivity index (χ4n) is 1.61. The third-order valence-corrected chi connectivity index (χ3v) is 3.87. The van der Waals surface area contributed by atoms with Crippen LogP contribution in [0.1, 0.15) is 18.9 Å². The monoisotopic (exact) mass is 394 g/mol. The Balaban J connectivity index is 3.01. The molecule has 0 unspecified atom stereocenters. The van der Waals surface area contributed by atoms with Gasteiger partial charge in [0.05, 0.1) is 5.56 Å². The fraction of sp³-hybridized carbons (Fsp3) is 0.417. The van der Waals surface area contributed by atoms with Gasteiger partial charge in [0.25, 0.3) is 5.91 Å².